The lowest BCUT2D eigenvalue weighted by Crippen LogP contribution is -2.13. The lowest BCUT2D eigenvalue weighted by atomic mass is 10.2. The Morgan fingerprint density at radius 3 is 2.48 bits per heavy atom. The zero-order valence-electron chi connectivity index (χ0n) is 14.1. The van der Waals surface area contributed by atoms with E-state index >= 15 is 0 Å². The largest absolute Gasteiger partial charge is 0.497 e. The number of rotatable bonds is 5. The summed E-state index contributed by atoms with van der Waals surface area (Å²) >= 11 is 1.32. The van der Waals surface area contributed by atoms with Crippen molar-refractivity contribution in [3.63, 3.8) is 0 Å². The first-order valence-corrected chi connectivity index (χ1v) is 8.36. The third-order valence-electron chi connectivity index (χ3n) is 3.60. The van der Waals surface area contributed by atoms with Gasteiger partial charge in [-0.15, -0.1) is 10.2 Å². The normalized spacial score (nSPS) is 10.4. The number of aromatic nitrogens is 2. The number of hydrogen-bond acceptors (Lipinski definition) is 6. The fourth-order valence-electron chi connectivity index (χ4n) is 2.24. The van der Waals surface area contributed by atoms with Crippen molar-refractivity contribution in [3.8, 4) is 22.1 Å². The Morgan fingerprint density at radius 1 is 1.04 bits per heavy atom. The molecule has 128 valence electrons. The third kappa shape index (κ3) is 3.77. The second-order valence-corrected chi connectivity index (χ2v) is 6.28. The summed E-state index contributed by atoms with van der Waals surface area (Å²) in [5, 5.41) is 12.1. The zero-order chi connectivity index (χ0) is 17.8. The second-order valence-electron chi connectivity index (χ2n) is 5.30. The summed E-state index contributed by atoms with van der Waals surface area (Å²) in [6.07, 6.45) is 0. The fraction of sp³-hybridized carbons (Fsp3) is 0.167. The summed E-state index contributed by atoms with van der Waals surface area (Å²) in [4.78, 5) is 12.5. The lowest BCUT2D eigenvalue weighted by Gasteiger charge is -2.09. The SMILES string of the molecule is COc1ccc(C(=O)Nc2nnc(-c3ccc(C)cc3)s2)c(OC)c1. The molecule has 3 rings (SSSR count). The Balaban J connectivity index is 1.79. The van der Waals surface area contributed by atoms with Gasteiger partial charge in [0, 0.05) is 11.6 Å². The van der Waals surface area contributed by atoms with Crippen LogP contribution in [0, 0.1) is 6.92 Å². The van der Waals surface area contributed by atoms with E-state index in [1.54, 1.807) is 25.3 Å². The van der Waals surface area contributed by atoms with Crippen molar-refractivity contribution in [2.24, 2.45) is 0 Å². The molecule has 0 aliphatic carbocycles. The Kier molecular flexibility index (Phi) is 4.95. The average Bonchev–Trinajstić information content (AvgIpc) is 3.10. The van der Waals surface area contributed by atoms with E-state index in [1.807, 2.05) is 31.2 Å². The highest BCUT2D eigenvalue weighted by atomic mass is 32.1. The molecule has 0 bridgehead atoms. The molecule has 0 atom stereocenters. The first-order valence-electron chi connectivity index (χ1n) is 7.54. The van der Waals surface area contributed by atoms with Gasteiger partial charge in [-0.3, -0.25) is 10.1 Å². The quantitative estimate of drug-likeness (QED) is 0.754. The van der Waals surface area contributed by atoms with Gasteiger partial charge in [-0.1, -0.05) is 41.2 Å². The Bertz CT molecular complexity index is 891. The third-order valence-corrected chi connectivity index (χ3v) is 4.49. The van der Waals surface area contributed by atoms with Crippen molar-refractivity contribution in [2.45, 2.75) is 6.92 Å². The summed E-state index contributed by atoms with van der Waals surface area (Å²) in [5.74, 6) is 0.734. The number of ether oxygens (including phenoxy) is 2. The van der Waals surface area contributed by atoms with Gasteiger partial charge in [-0.25, -0.2) is 0 Å². The van der Waals surface area contributed by atoms with Gasteiger partial charge in [0.15, 0.2) is 0 Å². The lowest BCUT2D eigenvalue weighted by molar-refractivity contribution is 0.102. The van der Waals surface area contributed by atoms with E-state index in [-0.39, 0.29) is 5.91 Å². The van der Waals surface area contributed by atoms with E-state index < -0.39 is 0 Å². The molecule has 1 amide bonds. The number of carbonyl (C=O) groups excluding carboxylic acids is 1. The van der Waals surface area contributed by atoms with Crippen LogP contribution in [0.3, 0.4) is 0 Å². The fourth-order valence-corrected chi connectivity index (χ4v) is 2.98. The topological polar surface area (TPSA) is 73.3 Å². The maximum Gasteiger partial charge on any atom is 0.261 e. The molecular formula is C18H17N3O3S. The highest BCUT2D eigenvalue weighted by Crippen LogP contribution is 2.29. The van der Waals surface area contributed by atoms with Crippen molar-refractivity contribution in [3.05, 3.63) is 53.6 Å². The molecular weight excluding hydrogens is 338 g/mol. The standard InChI is InChI=1S/C18H17N3O3S/c1-11-4-6-12(7-5-11)17-20-21-18(25-17)19-16(22)14-9-8-13(23-2)10-15(14)24-3/h4-10H,1-3H3,(H,19,21,22). The predicted octanol–water partition coefficient (Wildman–Crippen LogP) is 3.78. The summed E-state index contributed by atoms with van der Waals surface area (Å²) in [6, 6.07) is 13.0. The van der Waals surface area contributed by atoms with Gasteiger partial charge >= 0.3 is 0 Å². The number of benzene rings is 2. The van der Waals surface area contributed by atoms with Crippen LogP contribution in [0.25, 0.3) is 10.6 Å². The Hall–Kier alpha value is -2.93. The molecule has 1 heterocycles. The molecule has 0 saturated carbocycles. The minimum Gasteiger partial charge on any atom is -0.497 e. The number of amides is 1. The molecule has 6 nitrogen and oxygen atoms in total. The first kappa shape index (κ1) is 16.9. The molecule has 3 aromatic rings. The Labute approximate surface area is 149 Å². The average molecular weight is 355 g/mol. The minimum absolute atomic E-state index is 0.314. The summed E-state index contributed by atoms with van der Waals surface area (Å²) in [7, 11) is 3.06. The summed E-state index contributed by atoms with van der Waals surface area (Å²) < 4.78 is 10.4. The molecule has 0 spiro atoms. The minimum atomic E-state index is -0.314. The van der Waals surface area contributed by atoms with Crippen LogP contribution in [0.5, 0.6) is 11.5 Å². The number of carbonyl (C=O) groups is 1. The maximum absolute atomic E-state index is 12.5. The molecule has 0 aliphatic heterocycles. The number of nitrogens with zero attached hydrogens (tertiary/aromatic N) is 2. The van der Waals surface area contributed by atoms with Crippen molar-refractivity contribution in [1.82, 2.24) is 10.2 Å². The van der Waals surface area contributed by atoms with Crippen LogP contribution in [0.2, 0.25) is 0 Å². The van der Waals surface area contributed by atoms with Crippen LogP contribution in [0.15, 0.2) is 42.5 Å². The number of aryl methyl sites for hydroxylation is 1. The highest BCUT2D eigenvalue weighted by Gasteiger charge is 2.16. The highest BCUT2D eigenvalue weighted by molar-refractivity contribution is 7.18. The zero-order valence-corrected chi connectivity index (χ0v) is 14.9. The smallest absolute Gasteiger partial charge is 0.261 e. The van der Waals surface area contributed by atoms with Gasteiger partial charge in [-0.05, 0) is 19.1 Å². The molecule has 7 heteroatoms. The van der Waals surface area contributed by atoms with Gasteiger partial charge in [-0.2, -0.15) is 0 Å². The number of nitrogens with one attached hydrogen (secondary N) is 1. The molecule has 1 N–H and O–H groups in total. The molecule has 0 fully saturated rings. The van der Waals surface area contributed by atoms with Crippen LogP contribution in [0.1, 0.15) is 15.9 Å². The van der Waals surface area contributed by atoms with Crippen LogP contribution < -0.4 is 14.8 Å². The van der Waals surface area contributed by atoms with E-state index in [4.69, 9.17) is 9.47 Å². The van der Waals surface area contributed by atoms with Gasteiger partial charge in [0.25, 0.3) is 5.91 Å². The van der Waals surface area contributed by atoms with Gasteiger partial charge < -0.3 is 9.47 Å². The monoisotopic (exact) mass is 355 g/mol. The summed E-state index contributed by atoms with van der Waals surface area (Å²) in [6.45, 7) is 2.03. The number of anilines is 1. The molecule has 1 aromatic heterocycles. The molecule has 0 radical (unpaired) electrons. The van der Waals surface area contributed by atoms with E-state index in [0.29, 0.717) is 22.2 Å². The van der Waals surface area contributed by atoms with Crippen LogP contribution in [-0.4, -0.2) is 30.3 Å². The summed E-state index contributed by atoms with van der Waals surface area (Å²) in [5.41, 5.74) is 2.54. The predicted molar refractivity (Wildman–Crippen MR) is 97.6 cm³/mol. The van der Waals surface area contributed by atoms with Gasteiger partial charge in [0.05, 0.1) is 19.8 Å². The Morgan fingerprint density at radius 2 is 1.80 bits per heavy atom. The van der Waals surface area contributed by atoms with E-state index in [0.717, 1.165) is 10.6 Å². The van der Waals surface area contributed by atoms with E-state index in [9.17, 15) is 4.79 Å². The first-order chi connectivity index (χ1) is 12.1. The van der Waals surface area contributed by atoms with Crippen LogP contribution in [-0.2, 0) is 0 Å². The number of hydrogen-bond donors (Lipinski definition) is 1. The van der Waals surface area contributed by atoms with Gasteiger partial charge in [0.2, 0.25) is 5.13 Å². The number of methoxy groups -OCH3 is 2. The van der Waals surface area contributed by atoms with Crippen LogP contribution >= 0.6 is 11.3 Å². The van der Waals surface area contributed by atoms with Crippen molar-refractivity contribution in [2.75, 3.05) is 19.5 Å². The molecule has 0 aliphatic rings. The molecule has 0 unspecified atom stereocenters. The van der Waals surface area contributed by atoms with Crippen molar-refractivity contribution >= 4 is 22.4 Å². The van der Waals surface area contributed by atoms with Crippen molar-refractivity contribution in [1.29, 1.82) is 0 Å². The maximum atomic E-state index is 12.5. The van der Waals surface area contributed by atoms with E-state index in [2.05, 4.69) is 15.5 Å². The second kappa shape index (κ2) is 7.31. The molecule has 0 saturated heterocycles. The van der Waals surface area contributed by atoms with E-state index in [1.165, 1.54) is 24.0 Å². The van der Waals surface area contributed by atoms with Crippen molar-refractivity contribution < 1.29 is 14.3 Å². The van der Waals surface area contributed by atoms with Gasteiger partial charge in [0.1, 0.15) is 16.5 Å². The van der Waals surface area contributed by atoms with Crippen LogP contribution in [0.4, 0.5) is 5.13 Å². The molecule has 2 aromatic carbocycles. The molecule has 25 heavy (non-hydrogen) atoms.